The Morgan fingerprint density at radius 1 is 1.32 bits per heavy atom. The fraction of sp³-hybridized carbons (Fsp3) is 0.350. The lowest BCUT2D eigenvalue weighted by molar-refractivity contribution is 0.0377. The van der Waals surface area contributed by atoms with Crippen LogP contribution >= 0.6 is 11.6 Å². The lowest BCUT2D eigenvalue weighted by atomic mass is 9.97. The van der Waals surface area contributed by atoms with Gasteiger partial charge >= 0.3 is 0 Å². The molecule has 0 bridgehead atoms. The second-order valence-electron chi connectivity index (χ2n) is 7.18. The Hall–Kier alpha value is -1.88. The van der Waals surface area contributed by atoms with E-state index in [1.165, 1.54) is 16.6 Å². The Morgan fingerprint density at radius 2 is 2.16 bits per heavy atom. The smallest absolute Gasteiger partial charge is 0.106 e. The first-order chi connectivity index (χ1) is 12.0. The van der Waals surface area contributed by atoms with Crippen molar-refractivity contribution in [3.63, 3.8) is 0 Å². The van der Waals surface area contributed by atoms with Crippen LogP contribution in [-0.4, -0.2) is 33.1 Å². The van der Waals surface area contributed by atoms with Crippen LogP contribution in [-0.2, 0) is 25.1 Å². The lowest BCUT2D eigenvalue weighted by Crippen LogP contribution is -2.32. The predicted molar refractivity (Wildman–Crippen MR) is 101 cm³/mol. The number of nitrogens with zero attached hydrogens (tertiary/aromatic N) is 3. The lowest BCUT2D eigenvalue weighted by Gasteiger charge is -2.29. The van der Waals surface area contributed by atoms with Gasteiger partial charge < -0.3 is 14.6 Å². The van der Waals surface area contributed by atoms with Crippen molar-refractivity contribution in [3.8, 4) is 0 Å². The van der Waals surface area contributed by atoms with Crippen LogP contribution in [0.3, 0.4) is 0 Å². The molecule has 0 aliphatic carbocycles. The molecule has 3 aromatic rings. The summed E-state index contributed by atoms with van der Waals surface area (Å²) >= 11 is 6.25. The summed E-state index contributed by atoms with van der Waals surface area (Å²) in [6.07, 6.45) is 4.47. The first-order valence-electron chi connectivity index (χ1n) is 8.56. The Kier molecular flexibility index (Phi) is 4.07. The summed E-state index contributed by atoms with van der Waals surface area (Å²) in [5.74, 6) is 0. The molecule has 1 unspecified atom stereocenters. The molecule has 2 aromatic heterocycles. The summed E-state index contributed by atoms with van der Waals surface area (Å²) in [6.45, 7) is 4.26. The van der Waals surface area contributed by atoms with Crippen LogP contribution in [0.5, 0.6) is 0 Å². The van der Waals surface area contributed by atoms with Gasteiger partial charge in [0.05, 0.1) is 6.54 Å². The fourth-order valence-electron chi connectivity index (χ4n) is 3.81. The molecule has 25 heavy (non-hydrogen) atoms. The second-order valence-corrected chi connectivity index (χ2v) is 7.61. The molecule has 1 aliphatic heterocycles. The van der Waals surface area contributed by atoms with Crippen molar-refractivity contribution >= 4 is 22.5 Å². The van der Waals surface area contributed by atoms with Crippen molar-refractivity contribution in [3.05, 3.63) is 64.6 Å². The first kappa shape index (κ1) is 16.6. The van der Waals surface area contributed by atoms with Gasteiger partial charge in [-0.2, -0.15) is 0 Å². The third-order valence-corrected chi connectivity index (χ3v) is 5.40. The predicted octanol–water partition coefficient (Wildman–Crippen LogP) is 3.59. The molecule has 4 rings (SSSR count). The molecule has 0 spiro atoms. The summed E-state index contributed by atoms with van der Waals surface area (Å²) in [6, 6.07) is 9.83. The molecule has 0 radical (unpaired) electrons. The highest BCUT2D eigenvalue weighted by atomic mass is 35.5. The van der Waals surface area contributed by atoms with Gasteiger partial charge in [0.1, 0.15) is 5.60 Å². The maximum Gasteiger partial charge on any atom is 0.106 e. The van der Waals surface area contributed by atoms with E-state index in [2.05, 4.69) is 33.6 Å². The van der Waals surface area contributed by atoms with Gasteiger partial charge in [0.2, 0.25) is 0 Å². The summed E-state index contributed by atoms with van der Waals surface area (Å²) in [5.41, 5.74) is 3.59. The number of benzene rings is 1. The van der Waals surface area contributed by atoms with Crippen LogP contribution in [0.25, 0.3) is 10.9 Å². The molecule has 1 atom stereocenters. The van der Waals surface area contributed by atoms with Crippen molar-refractivity contribution in [1.29, 1.82) is 0 Å². The largest absolute Gasteiger partial charge is 0.384 e. The van der Waals surface area contributed by atoms with Gasteiger partial charge in [-0.15, -0.1) is 0 Å². The highest BCUT2D eigenvalue weighted by Gasteiger charge is 2.29. The number of fused-ring (bicyclic) bond motifs is 3. The van der Waals surface area contributed by atoms with Gasteiger partial charge in [0.15, 0.2) is 0 Å². The summed E-state index contributed by atoms with van der Waals surface area (Å²) in [5, 5.41) is 13.1. The first-order valence-corrected chi connectivity index (χ1v) is 8.94. The third kappa shape index (κ3) is 2.95. The van der Waals surface area contributed by atoms with Gasteiger partial charge in [-0.3, -0.25) is 4.98 Å². The van der Waals surface area contributed by atoms with E-state index in [9.17, 15) is 5.11 Å². The van der Waals surface area contributed by atoms with Crippen molar-refractivity contribution < 1.29 is 5.11 Å². The SMILES string of the molecule is CN1CCc2c(n(CC(C)(O)c3cccnc3)c3ccc(Cl)cc23)C1. The molecule has 0 saturated carbocycles. The van der Waals surface area contributed by atoms with Crippen molar-refractivity contribution in [1.82, 2.24) is 14.5 Å². The highest BCUT2D eigenvalue weighted by molar-refractivity contribution is 6.31. The van der Waals surface area contributed by atoms with Gasteiger partial charge in [0.25, 0.3) is 0 Å². The van der Waals surface area contributed by atoms with Crippen LogP contribution in [0.2, 0.25) is 5.02 Å². The van der Waals surface area contributed by atoms with E-state index < -0.39 is 5.60 Å². The van der Waals surface area contributed by atoms with Crippen molar-refractivity contribution in [2.45, 2.75) is 32.0 Å². The molecular weight excluding hydrogens is 334 g/mol. The Morgan fingerprint density at radius 3 is 2.92 bits per heavy atom. The van der Waals surface area contributed by atoms with Gasteiger partial charge in [-0.05, 0) is 50.2 Å². The number of pyridine rings is 1. The zero-order valence-electron chi connectivity index (χ0n) is 14.5. The average Bonchev–Trinajstić information content (AvgIpc) is 2.88. The van der Waals surface area contributed by atoms with Gasteiger partial charge in [-0.1, -0.05) is 17.7 Å². The molecule has 1 aliphatic rings. The van der Waals surface area contributed by atoms with Gasteiger partial charge in [-0.25, -0.2) is 0 Å². The second kappa shape index (κ2) is 6.13. The molecule has 4 nitrogen and oxygen atoms in total. The van der Waals surface area contributed by atoms with E-state index in [0.717, 1.165) is 35.6 Å². The molecule has 5 heteroatoms. The van der Waals surface area contributed by atoms with Crippen LogP contribution in [0.15, 0.2) is 42.7 Å². The molecule has 0 amide bonds. The zero-order chi connectivity index (χ0) is 17.6. The molecule has 1 N–H and O–H groups in total. The number of hydrogen-bond donors (Lipinski definition) is 1. The number of rotatable bonds is 3. The maximum atomic E-state index is 11.1. The molecule has 1 aromatic carbocycles. The van der Waals surface area contributed by atoms with Crippen LogP contribution in [0.4, 0.5) is 0 Å². The monoisotopic (exact) mass is 355 g/mol. The minimum atomic E-state index is -0.996. The maximum absolute atomic E-state index is 11.1. The van der Waals surface area contributed by atoms with E-state index in [0.29, 0.717) is 6.54 Å². The number of hydrogen-bond acceptors (Lipinski definition) is 3. The number of aliphatic hydroxyl groups is 1. The number of aromatic nitrogens is 2. The minimum Gasteiger partial charge on any atom is -0.384 e. The number of halogens is 1. The topological polar surface area (TPSA) is 41.3 Å². The zero-order valence-corrected chi connectivity index (χ0v) is 15.3. The Balaban J connectivity index is 1.85. The van der Waals surface area contributed by atoms with E-state index >= 15 is 0 Å². The van der Waals surface area contributed by atoms with E-state index in [1.807, 2.05) is 25.1 Å². The van der Waals surface area contributed by atoms with E-state index in [4.69, 9.17) is 11.6 Å². The van der Waals surface area contributed by atoms with Crippen molar-refractivity contribution in [2.24, 2.45) is 0 Å². The van der Waals surface area contributed by atoms with Crippen molar-refractivity contribution in [2.75, 3.05) is 13.6 Å². The standard InChI is InChI=1S/C20H22ClN3O/c1-20(25,14-4-3-8-22-11-14)13-24-18-6-5-15(21)10-17(18)16-7-9-23(2)12-19(16)24/h3-6,8,10-11,25H,7,9,12-13H2,1-2H3. The third-order valence-electron chi connectivity index (χ3n) is 5.16. The van der Waals surface area contributed by atoms with Crippen LogP contribution < -0.4 is 0 Å². The summed E-state index contributed by atoms with van der Waals surface area (Å²) in [7, 11) is 2.14. The molecule has 130 valence electrons. The quantitative estimate of drug-likeness (QED) is 0.780. The van der Waals surface area contributed by atoms with E-state index in [-0.39, 0.29) is 0 Å². The Labute approximate surface area is 152 Å². The normalized spacial score (nSPS) is 17.4. The minimum absolute atomic E-state index is 0.486. The number of likely N-dealkylation sites (N-methyl/N-ethyl adjacent to an activating group) is 1. The molecular formula is C20H22ClN3O. The fourth-order valence-corrected chi connectivity index (χ4v) is 3.98. The Bertz CT molecular complexity index is 918. The van der Waals surface area contributed by atoms with Crippen LogP contribution in [0, 0.1) is 0 Å². The molecule has 0 fully saturated rings. The summed E-state index contributed by atoms with van der Waals surface area (Å²) in [4.78, 5) is 6.48. The summed E-state index contributed by atoms with van der Waals surface area (Å²) < 4.78 is 2.25. The average molecular weight is 356 g/mol. The highest BCUT2D eigenvalue weighted by Crippen LogP contribution is 2.34. The van der Waals surface area contributed by atoms with Gasteiger partial charge in [0, 0.05) is 52.7 Å². The van der Waals surface area contributed by atoms with E-state index in [1.54, 1.807) is 12.4 Å². The van der Waals surface area contributed by atoms with Crippen LogP contribution in [0.1, 0.15) is 23.7 Å². The molecule has 3 heterocycles. The molecule has 0 saturated heterocycles.